The highest BCUT2D eigenvalue weighted by Gasteiger charge is 2.29. The number of pyridine rings is 1. The molecule has 7 heteroatoms. The third kappa shape index (κ3) is 1.90. The first-order valence-corrected chi connectivity index (χ1v) is 7.70. The maximum absolute atomic E-state index is 12.1. The number of nitrogens with one attached hydrogen (secondary N) is 1. The average Bonchev–Trinajstić information content (AvgIpc) is 2.80. The fraction of sp³-hybridized carbons (Fsp3) is 0.294. The largest absolute Gasteiger partial charge is 0.503 e. The van der Waals surface area contributed by atoms with E-state index in [1.54, 1.807) is 0 Å². The van der Waals surface area contributed by atoms with E-state index in [1.807, 2.05) is 19.2 Å². The molecule has 0 saturated carbocycles. The molecule has 7 nitrogen and oxygen atoms in total. The molecule has 24 heavy (non-hydrogen) atoms. The van der Waals surface area contributed by atoms with Crippen LogP contribution in [-0.2, 0) is 12.8 Å². The maximum Gasteiger partial charge on any atom is 0.345 e. The van der Waals surface area contributed by atoms with Crippen LogP contribution in [0.15, 0.2) is 16.9 Å². The van der Waals surface area contributed by atoms with Crippen LogP contribution in [0.2, 0.25) is 0 Å². The highest BCUT2D eigenvalue weighted by atomic mass is 16.5. The fourth-order valence-electron chi connectivity index (χ4n) is 3.59. The molecular weight excluding hydrogens is 312 g/mol. The number of H-pyrrole nitrogens is 1. The summed E-state index contributed by atoms with van der Waals surface area (Å²) in [6, 6.07) is 3.87. The van der Waals surface area contributed by atoms with Gasteiger partial charge >= 0.3 is 5.97 Å². The number of likely N-dealkylation sites (N-methyl/N-ethyl adjacent to an activating group) is 1. The van der Waals surface area contributed by atoms with Crippen LogP contribution in [0.4, 0.5) is 5.69 Å². The van der Waals surface area contributed by atoms with E-state index < -0.39 is 22.8 Å². The van der Waals surface area contributed by atoms with Crippen molar-refractivity contribution in [3.8, 4) is 22.8 Å². The molecule has 3 heterocycles. The van der Waals surface area contributed by atoms with Crippen LogP contribution in [-0.4, -0.2) is 41.4 Å². The number of aromatic hydroxyl groups is 1. The zero-order valence-corrected chi connectivity index (χ0v) is 13.0. The van der Waals surface area contributed by atoms with E-state index in [4.69, 9.17) is 9.84 Å². The van der Waals surface area contributed by atoms with Gasteiger partial charge in [-0.25, -0.2) is 4.79 Å². The third-order valence-corrected chi connectivity index (χ3v) is 4.74. The first kappa shape index (κ1) is 14.6. The minimum atomic E-state index is -1.49. The Kier molecular flexibility index (Phi) is 3.06. The van der Waals surface area contributed by atoms with Gasteiger partial charge in [-0.1, -0.05) is 6.07 Å². The summed E-state index contributed by atoms with van der Waals surface area (Å²) in [6.45, 7) is 1.23. The first-order valence-electron chi connectivity index (χ1n) is 7.70. The Balaban J connectivity index is 2.01. The number of nitrogens with zero attached hydrogens (tertiary/aromatic N) is 1. The predicted molar refractivity (Wildman–Crippen MR) is 87.3 cm³/mol. The van der Waals surface area contributed by atoms with E-state index in [9.17, 15) is 14.7 Å². The quantitative estimate of drug-likeness (QED) is 0.731. The maximum atomic E-state index is 12.1. The second-order valence-electron chi connectivity index (χ2n) is 6.05. The molecule has 4 rings (SSSR count). The number of aromatic carboxylic acids is 1. The van der Waals surface area contributed by atoms with Crippen molar-refractivity contribution in [2.24, 2.45) is 0 Å². The molecule has 3 N–H and O–H groups in total. The van der Waals surface area contributed by atoms with Gasteiger partial charge in [-0.15, -0.1) is 0 Å². The number of carboxylic acid groups (broad SMARTS) is 1. The molecule has 124 valence electrons. The molecule has 2 aliphatic rings. The minimum Gasteiger partial charge on any atom is -0.503 e. The van der Waals surface area contributed by atoms with E-state index in [-0.39, 0.29) is 5.75 Å². The highest BCUT2D eigenvalue weighted by molar-refractivity contribution is 5.93. The summed E-state index contributed by atoms with van der Waals surface area (Å²) < 4.78 is 5.60. The monoisotopic (exact) mass is 328 g/mol. The van der Waals surface area contributed by atoms with Crippen molar-refractivity contribution < 1.29 is 19.7 Å². The van der Waals surface area contributed by atoms with Crippen molar-refractivity contribution in [3.05, 3.63) is 39.2 Å². The molecule has 0 amide bonds. The standard InChI is InChI=1S/C17H16N2O5/c1-19-6-4-9-8-5-7-24-15-13(10(8)2-3-11(9)19)18-16(21)12(14(15)20)17(22)23/h2-3H,4-7H2,1H3,(H,22,23)(H2,18,20,21). The van der Waals surface area contributed by atoms with E-state index in [2.05, 4.69) is 9.88 Å². The van der Waals surface area contributed by atoms with Gasteiger partial charge in [0.2, 0.25) is 0 Å². The van der Waals surface area contributed by atoms with Crippen LogP contribution in [0.25, 0.3) is 11.3 Å². The molecule has 0 saturated heterocycles. The topological polar surface area (TPSA) is 103 Å². The number of aromatic amines is 1. The van der Waals surface area contributed by atoms with Gasteiger partial charge < -0.3 is 24.8 Å². The number of ether oxygens (including phenoxy) is 1. The zero-order valence-electron chi connectivity index (χ0n) is 13.0. The number of hydrogen-bond acceptors (Lipinski definition) is 5. The normalized spacial score (nSPS) is 15.1. The molecule has 0 unspecified atom stereocenters. The molecule has 2 aromatic rings. The zero-order chi connectivity index (χ0) is 17.0. The molecular formula is C17H16N2O5. The van der Waals surface area contributed by atoms with Gasteiger partial charge in [-0.05, 0) is 23.6 Å². The Hall–Kier alpha value is -2.96. The van der Waals surface area contributed by atoms with E-state index in [0.29, 0.717) is 18.7 Å². The number of anilines is 1. The van der Waals surface area contributed by atoms with Crippen molar-refractivity contribution in [3.63, 3.8) is 0 Å². The van der Waals surface area contributed by atoms with Crippen molar-refractivity contribution in [1.29, 1.82) is 0 Å². The summed E-state index contributed by atoms with van der Waals surface area (Å²) in [5.41, 5.74) is 3.04. The van der Waals surface area contributed by atoms with Gasteiger partial charge in [-0.3, -0.25) is 4.79 Å². The summed E-state index contributed by atoms with van der Waals surface area (Å²) in [6.07, 6.45) is 1.54. The predicted octanol–water partition coefficient (Wildman–Crippen LogP) is 1.37. The second-order valence-corrected chi connectivity index (χ2v) is 6.05. The fourth-order valence-corrected chi connectivity index (χ4v) is 3.59. The molecule has 0 atom stereocenters. The van der Waals surface area contributed by atoms with Crippen molar-refractivity contribution >= 4 is 11.7 Å². The summed E-state index contributed by atoms with van der Waals surface area (Å²) in [5, 5.41) is 19.4. The minimum absolute atomic E-state index is 0.0250. The Labute approximate surface area is 137 Å². The number of rotatable bonds is 1. The molecule has 0 fully saturated rings. The van der Waals surface area contributed by atoms with E-state index >= 15 is 0 Å². The Morgan fingerprint density at radius 1 is 1.29 bits per heavy atom. The summed E-state index contributed by atoms with van der Waals surface area (Å²) in [4.78, 5) is 28.1. The van der Waals surface area contributed by atoms with E-state index in [0.717, 1.165) is 29.8 Å². The second kappa shape index (κ2) is 5.02. The van der Waals surface area contributed by atoms with Crippen LogP contribution in [0.1, 0.15) is 21.5 Å². The lowest BCUT2D eigenvalue weighted by molar-refractivity contribution is 0.0690. The summed E-state index contributed by atoms with van der Waals surface area (Å²) in [5.74, 6) is -2.08. The van der Waals surface area contributed by atoms with Crippen molar-refractivity contribution in [2.45, 2.75) is 12.8 Å². The summed E-state index contributed by atoms with van der Waals surface area (Å²) >= 11 is 0. The highest BCUT2D eigenvalue weighted by Crippen LogP contribution is 2.43. The van der Waals surface area contributed by atoms with Gasteiger partial charge in [0.05, 0.1) is 12.3 Å². The molecule has 0 spiro atoms. The van der Waals surface area contributed by atoms with Crippen molar-refractivity contribution in [2.75, 3.05) is 25.1 Å². The Morgan fingerprint density at radius 2 is 2.08 bits per heavy atom. The molecule has 1 aromatic heterocycles. The van der Waals surface area contributed by atoms with Crippen LogP contribution in [0.5, 0.6) is 11.5 Å². The first-order chi connectivity index (χ1) is 11.5. The van der Waals surface area contributed by atoms with Crippen molar-refractivity contribution in [1.82, 2.24) is 4.98 Å². The molecule has 1 aromatic carbocycles. The average molecular weight is 328 g/mol. The number of benzene rings is 1. The number of aromatic nitrogens is 1. The van der Waals surface area contributed by atoms with Gasteiger partial charge in [0.1, 0.15) is 0 Å². The number of carbonyl (C=O) groups is 1. The lowest BCUT2D eigenvalue weighted by Gasteiger charge is -2.16. The van der Waals surface area contributed by atoms with Crippen LogP contribution in [0.3, 0.4) is 0 Å². The third-order valence-electron chi connectivity index (χ3n) is 4.74. The van der Waals surface area contributed by atoms with E-state index in [1.165, 1.54) is 5.56 Å². The lowest BCUT2D eigenvalue weighted by atomic mass is 9.94. The van der Waals surface area contributed by atoms with Gasteiger partial charge in [0.25, 0.3) is 5.56 Å². The van der Waals surface area contributed by atoms with Gasteiger partial charge in [0.15, 0.2) is 17.1 Å². The number of carboxylic acids is 1. The Bertz CT molecular complexity index is 932. The lowest BCUT2D eigenvalue weighted by Crippen LogP contribution is -2.19. The van der Waals surface area contributed by atoms with Crippen LogP contribution >= 0.6 is 0 Å². The molecule has 2 aliphatic heterocycles. The molecule has 0 bridgehead atoms. The van der Waals surface area contributed by atoms with Crippen LogP contribution in [0, 0.1) is 0 Å². The van der Waals surface area contributed by atoms with Gasteiger partial charge in [-0.2, -0.15) is 0 Å². The molecule has 0 radical (unpaired) electrons. The number of fused-ring (bicyclic) bond motifs is 5. The van der Waals surface area contributed by atoms with Gasteiger partial charge in [0, 0.05) is 31.3 Å². The SMILES string of the molecule is CN1CCc2c1ccc1c2CCOc2c-1[nH]c(=O)c(C(=O)O)c2O. The summed E-state index contributed by atoms with van der Waals surface area (Å²) in [7, 11) is 2.03. The molecule has 0 aliphatic carbocycles. The number of hydrogen-bond donors (Lipinski definition) is 3. The van der Waals surface area contributed by atoms with Crippen LogP contribution < -0.4 is 15.2 Å². The smallest absolute Gasteiger partial charge is 0.345 e. The Morgan fingerprint density at radius 3 is 2.83 bits per heavy atom.